The minimum atomic E-state index is -0.391. The second-order valence-corrected chi connectivity index (χ2v) is 4.83. The molecule has 0 aliphatic rings. The number of amides is 1. The van der Waals surface area contributed by atoms with E-state index in [1.165, 1.54) is 29.8 Å². The number of pyridine rings is 1. The number of thiazole rings is 1. The van der Waals surface area contributed by atoms with Gasteiger partial charge in [0.2, 0.25) is 0 Å². The Morgan fingerprint density at radius 3 is 2.74 bits per heavy atom. The molecule has 2 aromatic heterocycles. The van der Waals surface area contributed by atoms with E-state index in [1.54, 1.807) is 24.3 Å². The molecule has 0 aliphatic carbocycles. The first-order valence-electron chi connectivity index (χ1n) is 5.50. The van der Waals surface area contributed by atoms with Crippen LogP contribution in [0.2, 0.25) is 0 Å². The molecule has 3 rings (SSSR count). The van der Waals surface area contributed by atoms with Crippen LogP contribution in [-0.4, -0.2) is 15.9 Å². The number of hydrogen-bond acceptors (Lipinski definition) is 4. The number of carbonyl (C=O) groups excluding carboxylic acids is 1. The number of rotatable bonds is 2. The molecule has 6 heteroatoms. The molecule has 0 fully saturated rings. The van der Waals surface area contributed by atoms with Gasteiger partial charge in [0.25, 0.3) is 5.91 Å². The van der Waals surface area contributed by atoms with Crippen molar-refractivity contribution in [3.8, 4) is 0 Å². The highest BCUT2D eigenvalue weighted by Gasteiger charge is 2.11. The first-order chi connectivity index (χ1) is 9.24. The van der Waals surface area contributed by atoms with Crippen LogP contribution in [0, 0.1) is 5.82 Å². The summed E-state index contributed by atoms with van der Waals surface area (Å²) in [6.07, 6.45) is 3.07. The fourth-order valence-electron chi connectivity index (χ4n) is 1.64. The Kier molecular flexibility index (Phi) is 2.92. The van der Waals surface area contributed by atoms with Crippen LogP contribution in [0.1, 0.15) is 10.4 Å². The Bertz CT molecular complexity index is 742. The maximum Gasteiger partial charge on any atom is 0.257 e. The van der Waals surface area contributed by atoms with Crippen LogP contribution >= 0.6 is 11.3 Å². The SMILES string of the molecule is O=C(Nc1nc2c(F)cccc2s1)c1ccncc1. The number of hydrogen-bond donors (Lipinski definition) is 1. The number of anilines is 1. The molecule has 1 amide bonds. The summed E-state index contributed by atoms with van der Waals surface area (Å²) < 4.78 is 14.2. The number of carbonyl (C=O) groups is 1. The third-order valence-corrected chi connectivity index (χ3v) is 3.47. The van der Waals surface area contributed by atoms with E-state index in [1.807, 2.05) is 0 Å². The maximum atomic E-state index is 13.5. The van der Waals surface area contributed by atoms with Crippen molar-refractivity contribution in [1.29, 1.82) is 0 Å². The second-order valence-electron chi connectivity index (χ2n) is 3.80. The molecular formula is C13H8FN3OS. The first kappa shape index (κ1) is 11.7. The minimum Gasteiger partial charge on any atom is -0.298 e. The topological polar surface area (TPSA) is 54.9 Å². The number of benzene rings is 1. The van der Waals surface area contributed by atoms with E-state index in [2.05, 4.69) is 15.3 Å². The van der Waals surface area contributed by atoms with E-state index >= 15 is 0 Å². The lowest BCUT2D eigenvalue weighted by Crippen LogP contribution is -2.11. The van der Waals surface area contributed by atoms with Crippen molar-refractivity contribution in [3.05, 3.63) is 54.1 Å². The zero-order valence-electron chi connectivity index (χ0n) is 9.63. The zero-order valence-corrected chi connectivity index (χ0v) is 10.4. The number of aromatic nitrogens is 2. The van der Waals surface area contributed by atoms with Crippen LogP contribution in [0.4, 0.5) is 9.52 Å². The van der Waals surface area contributed by atoms with Gasteiger partial charge in [-0.3, -0.25) is 15.1 Å². The van der Waals surface area contributed by atoms with E-state index < -0.39 is 5.82 Å². The van der Waals surface area contributed by atoms with Crippen LogP contribution in [-0.2, 0) is 0 Å². The van der Waals surface area contributed by atoms with Gasteiger partial charge in [-0.2, -0.15) is 0 Å². The standard InChI is InChI=1S/C13H8FN3OS/c14-9-2-1-3-10-11(9)16-13(19-10)17-12(18)8-4-6-15-7-5-8/h1-7H,(H,16,17,18). The van der Waals surface area contributed by atoms with Crippen LogP contribution in [0.25, 0.3) is 10.2 Å². The van der Waals surface area contributed by atoms with Crippen molar-refractivity contribution in [2.75, 3.05) is 5.32 Å². The molecule has 4 nitrogen and oxygen atoms in total. The average molecular weight is 273 g/mol. The number of fused-ring (bicyclic) bond motifs is 1. The summed E-state index contributed by atoms with van der Waals surface area (Å²) in [5, 5.41) is 3.03. The van der Waals surface area contributed by atoms with Gasteiger partial charge in [0.05, 0.1) is 4.70 Å². The summed E-state index contributed by atoms with van der Waals surface area (Å²) in [5.74, 6) is -0.681. The summed E-state index contributed by atoms with van der Waals surface area (Å²) in [6.45, 7) is 0. The molecule has 3 aromatic rings. The second kappa shape index (κ2) is 4.74. The normalized spacial score (nSPS) is 10.6. The third kappa shape index (κ3) is 2.30. The Labute approximate surface area is 111 Å². The Hall–Kier alpha value is -2.34. The van der Waals surface area contributed by atoms with Gasteiger partial charge < -0.3 is 0 Å². The molecule has 2 heterocycles. The molecule has 94 valence electrons. The lowest BCUT2D eigenvalue weighted by molar-refractivity contribution is 0.102. The van der Waals surface area contributed by atoms with Crippen molar-refractivity contribution >= 4 is 32.6 Å². The van der Waals surface area contributed by atoms with Crippen molar-refractivity contribution in [2.24, 2.45) is 0 Å². The lowest BCUT2D eigenvalue weighted by Gasteiger charge is -1.99. The van der Waals surface area contributed by atoms with Crippen LogP contribution in [0.3, 0.4) is 0 Å². The van der Waals surface area contributed by atoms with Gasteiger partial charge in [-0.15, -0.1) is 0 Å². The van der Waals surface area contributed by atoms with Crippen LogP contribution in [0.5, 0.6) is 0 Å². The number of para-hydroxylation sites is 1. The number of halogens is 1. The smallest absolute Gasteiger partial charge is 0.257 e. The third-order valence-electron chi connectivity index (χ3n) is 2.53. The van der Waals surface area contributed by atoms with Gasteiger partial charge in [0, 0.05) is 18.0 Å². The maximum absolute atomic E-state index is 13.5. The van der Waals surface area contributed by atoms with Crippen molar-refractivity contribution in [1.82, 2.24) is 9.97 Å². The van der Waals surface area contributed by atoms with Gasteiger partial charge in [-0.25, -0.2) is 9.37 Å². The molecule has 0 saturated heterocycles. The van der Waals surface area contributed by atoms with Crippen molar-refractivity contribution in [3.63, 3.8) is 0 Å². The van der Waals surface area contributed by atoms with Gasteiger partial charge in [-0.1, -0.05) is 17.4 Å². The zero-order chi connectivity index (χ0) is 13.2. The molecular weight excluding hydrogens is 265 g/mol. The molecule has 1 aromatic carbocycles. The van der Waals surface area contributed by atoms with Crippen molar-refractivity contribution in [2.45, 2.75) is 0 Å². The first-order valence-corrected chi connectivity index (χ1v) is 6.32. The van der Waals surface area contributed by atoms with Gasteiger partial charge in [0.15, 0.2) is 5.13 Å². The molecule has 0 unspecified atom stereocenters. The van der Waals surface area contributed by atoms with Gasteiger partial charge in [0.1, 0.15) is 11.3 Å². The quantitative estimate of drug-likeness (QED) is 0.780. The minimum absolute atomic E-state index is 0.275. The van der Waals surface area contributed by atoms with E-state index in [0.717, 1.165) is 0 Å². The average Bonchev–Trinajstić information content (AvgIpc) is 2.84. The summed E-state index contributed by atoms with van der Waals surface area (Å²) in [5.41, 5.74) is 0.757. The summed E-state index contributed by atoms with van der Waals surface area (Å²) in [4.78, 5) is 19.8. The van der Waals surface area contributed by atoms with E-state index in [9.17, 15) is 9.18 Å². The van der Waals surface area contributed by atoms with Crippen molar-refractivity contribution < 1.29 is 9.18 Å². The molecule has 0 bridgehead atoms. The van der Waals surface area contributed by atoms with E-state index in [4.69, 9.17) is 0 Å². The molecule has 19 heavy (non-hydrogen) atoms. The van der Waals surface area contributed by atoms with Crippen LogP contribution in [0.15, 0.2) is 42.7 Å². The number of nitrogens with one attached hydrogen (secondary N) is 1. The molecule has 1 N–H and O–H groups in total. The molecule has 0 saturated carbocycles. The predicted octanol–water partition coefficient (Wildman–Crippen LogP) is 3.08. The highest BCUT2D eigenvalue weighted by Crippen LogP contribution is 2.27. The molecule has 0 atom stereocenters. The molecule has 0 aliphatic heterocycles. The van der Waals surface area contributed by atoms with Gasteiger partial charge >= 0.3 is 0 Å². The monoisotopic (exact) mass is 273 g/mol. The van der Waals surface area contributed by atoms with Gasteiger partial charge in [-0.05, 0) is 24.3 Å². The largest absolute Gasteiger partial charge is 0.298 e. The fraction of sp³-hybridized carbons (Fsp3) is 0. The lowest BCUT2D eigenvalue weighted by atomic mass is 10.2. The fourth-order valence-corrected chi connectivity index (χ4v) is 2.52. The van der Waals surface area contributed by atoms with E-state index in [-0.39, 0.29) is 11.4 Å². The van der Waals surface area contributed by atoms with E-state index in [0.29, 0.717) is 15.4 Å². The highest BCUT2D eigenvalue weighted by atomic mass is 32.1. The summed E-state index contributed by atoms with van der Waals surface area (Å²) in [6, 6.07) is 7.92. The molecule has 0 spiro atoms. The predicted molar refractivity (Wildman–Crippen MR) is 71.8 cm³/mol. The summed E-state index contributed by atoms with van der Waals surface area (Å²) in [7, 11) is 0. The number of nitrogens with zero attached hydrogens (tertiary/aromatic N) is 2. The Balaban J connectivity index is 1.90. The summed E-state index contributed by atoms with van der Waals surface area (Å²) >= 11 is 1.24. The Morgan fingerprint density at radius 2 is 2.00 bits per heavy atom. The van der Waals surface area contributed by atoms with Crippen LogP contribution < -0.4 is 5.32 Å². The Morgan fingerprint density at radius 1 is 1.21 bits per heavy atom. The molecule has 0 radical (unpaired) electrons. The highest BCUT2D eigenvalue weighted by molar-refractivity contribution is 7.22.